The molecule has 122 valence electrons. The standard InChI is InChI=1S/C18H19N5O/c1-22(13-17-20-7-3-8-21-17)16-6-9-23(12-16)18(24)15-5-2-4-14(10-15)11-19/h2-5,7-8,10,16H,6,9,12-13H2,1H3/t16-/m1/s1. The van der Waals surface area contributed by atoms with Crippen LogP contribution in [0.3, 0.4) is 0 Å². The number of nitrogens with zero attached hydrogens (tertiary/aromatic N) is 5. The van der Waals surface area contributed by atoms with Gasteiger partial charge >= 0.3 is 0 Å². The van der Waals surface area contributed by atoms with Gasteiger partial charge in [0.2, 0.25) is 0 Å². The third-order valence-corrected chi connectivity index (χ3v) is 4.32. The molecule has 2 aromatic rings. The Kier molecular flexibility index (Phi) is 4.82. The van der Waals surface area contributed by atoms with E-state index in [9.17, 15) is 4.79 Å². The Hall–Kier alpha value is -2.78. The summed E-state index contributed by atoms with van der Waals surface area (Å²) in [7, 11) is 2.03. The van der Waals surface area contributed by atoms with Crippen molar-refractivity contribution in [2.45, 2.75) is 19.0 Å². The van der Waals surface area contributed by atoms with Crippen LogP contribution in [-0.2, 0) is 6.54 Å². The number of aromatic nitrogens is 2. The first-order valence-corrected chi connectivity index (χ1v) is 7.93. The molecule has 1 fully saturated rings. The van der Waals surface area contributed by atoms with Gasteiger partial charge in [-0.2, -0.15) is 5.26 Å². The van der Waals surface area contributed by atoms with Crippen molar-refractivity contribution in [2.24, 2.45) is 0 Å². The summed E-state index contributed by atoms with van der Waals surface area (Å²) < 4.78 is 0. The molecule has 0 unspecified atom stereocenters. The van der Waals surface area contributed by atoms with Crippen molar-refractivity contribution in [1.82, 2.24) is 19.8 Å². The number of amides is 1. The van der Waals surface area contributed by atoms with E-state index in [0.717, 1.165) is 18.8 Å². The van der Waals surface area contributed by atoms with Crippen molar-refractivity contribution in [3.8, 4) is 6.07 Å². The molecule has 6 heteroatoms. The van der Waals surface area contributed by atoms with Gasteiger partial charge in [0.15, 0.2) is 0 Å². The van der Waals surface area contributed by atoms with E-state index in [4.69, 9.17) is 5.26 Å². The minimum absolute atomic E-state index is 0.0149. The van der Waals surface area contributed by atoms with Gasteiger partial charge in [-0.25, -0.2) is 9.97 Å². The lowest BCUT2D eigenvalue weighted by molar-refractivity contribution is 0.0779. The summed E-state index contributed by atoms with van der Waals surface area (Å²) in [5.41, 5.74) is 1.08. The van der Waals surface area contributed by atoms with Crippen molar-refractivity contribution < 1.29 is 4.79 Å². The molecule has 0 bridgehead atoms. The SMILES string of the molecule is CN(Cc1ncccn1)[C@@H]1CCN(C(=O)c2cccc(C#N)c2)C1. The lowest BCUT2D eigenvalue weighted by atomic mass is 10.1. The number of likely N-dealkylation sites (N-methyl/N-ethyl adjacent to an activating group) is 1. The Morgan fingerprint density at radius 2 is 2.17 bits per heavy atom. The molecule has 0 spiro atoms. The third kappa shape index (κ3) is 3.58. The van der Waals surface area contributed by atoms with Crippen LogP contribution in [0.5, 0.6) is 0 Å². The van der Waals surface area contributed by atoms with E-state index in [1.165, 1.54) is 0 Å². The molecule has 1 amide bonds. The smallest absolute Gasteiger partial charge is 0.253 e. The highest BCUT2D eigenvalue weighted by Crippen LogP contribution is 2.18. The van der Waals surface area contributed by atoms with Gasteiger partial charge in [0.05, 0.1) is 18.2 Å². The molecular formula is C18H19N5O. The van der Waals surface area contributed by atoms with Crippen LogP contribution in [0.1, 0.15) is 28.2 Å². The fourth-order valence-corrected chi connectivity index (χ4v) is 2.95. The fourth-order valence-electron chi connectivity index (χ4n) is 2.95. The highest BCUT2D eigenvalue weighted by atomic mass is 16.2. The van der Waals surface area contributed by atoms with Gasteiger partial charge in [-0.3, -0.25) is 9.69 Å². The second kappa shape index (κ2) is 7.20. The quantitative estimate of drug-likeness (QED) is 0.857. The minimum atomic E-state index is -0.0149. The maximum absolute atomic E-state index is 12.6. The first kappa shape index (κ1) is 16.1. The van der Waals surface area contributed by atoms with Crippen LogP contribution in [0.4, 0.5) is 0 Å². The zero-order valence-electron chi connectivity index (χ0n) is 13.6. The highest BCUT2D eigenvalue weighted by Gasteiger charge is 2.29. The Morgan fingerprint density at radius 1 is 1.38 bits per heavy atom. The molecule has 0 radical (unpaired) electrons. The fraction of sp³-hybridized carbons (Fsp3) is 0.333. The van der Waals surface area contributed by atoms with Crippen molar-refractivity contribution in [2.75, 3.05) is 20.1 Å². The zero-order valence-corrected chi connectivity index (χ0v) is 13.6. The maximum atomic E-state index is 12.6. The van der Waals surface area contributed by atoms with Crippen molar-refractivity contribution in [3.05, 3.63) is 59.7 Å². The molecule has 0 N–H and O–H groups in total. The first-order valence-electron chi connectivity index (χ1n) is 7.93. The summed E-state index contributed by atoms with van der Waals surface area (Å²) in [5.74, 6) is 0.769. The van der Waals surface area contributed by atoms with E-state index in [1.807, 2.05) is 11.9 Å². The predicted molar refractivity (Wildman–Crippen MR) is 89.0 cm³/mol. The summed E-state index contributed by atoms with van der Waals surface area (Å²) in [6.45, 7) is 2.07. The lowest BCUT2D eigenvalue weighted by Crippen LogP contribution is -2.36. The van der Waals surface area contributed by atoms with Crippen LogP contribution in [0, 0.1) is 11.3 Å². The minimum Gasteiger partial charge on any atom is -0.337 e. The van der Waals surface area contributed by atoms with Gasteiger partial charge in [0.25, 0.3) is 5.91 Å². The molecule has 1 aliphatic rings. The molecule has 2 heterocycles. The number of hydrogen-bond donors (Lipinski definition) is 0. The Balaban J connectivity index is 1.62. The van der Waals surface area contributed by atoms with E-state index < -0.39 is 0 Å². The average molecular weight is 321 g/mol. The molecule has 24 heavy (non-hydrogen) atoms. The Labute approximate surface area is 141 Å². The summed E-state index contributed by atoms with van der Waals surface area (Å²) in [5, 5.41) is 8.97. The normalized spacial score (nSPS) is 17.0. The van der Waals surface area contributed by atoms with Gasteiger partial charge < -0.3 is 4.90 Å². The lowest BCUT2D eigenvalue weighted by Gasteiger charge is -2.24. The number of benzene rings is 1. The molecule has 1 aromatic carbocycles. The summed E-state index contributed by atoms with van der Waals surface area (Å²) in [6.07, 6.45) is 4.40. The van der Waals surface area contributed by atoms with Crippen molar-refractivity contribution >= 4 is 5.91 Å². The number of nitriles is 1. The largest absolute Gasteiger partial charge is 0.337 e. The van der Waals surface area contributed by atoms with Gasteiger partial charge in [-0.1, -0.05) is 6.07 Å². The van der Waals surface area contributed by atoms with E-state index in [1.54, 1.807) is 42.7 Å². The molecule has 1 aromatic heterocycles. The molecule has 1 aliphatic heterocycles. The van der Waals surface area contributed by atoms with Gasteiger partial charge in [-0.05, 0) is 37.7 Å². The van der Waals surface area contributed by atoms with Crippen molar-refractivity contribution in [1.29, 1.82) is 5.26 Å². The molecular weight excluding hydrogens is 302 g/mol. The number of carbonyl (C=O) groups is 1. The third-order valence-electron chi connectivity index (χ3n) is 4.32. The molecule has 6 nitrogen and oxygen atoms in total. The molecule has 1 saturated heterocycles. The number of carbonyl (C=O) groups excluding carboxylic acids is 1. The van der Waals surface area contributed by atoms with E-state index >= 15 is 0 Å². The Bertz CT molecular complexity index is 756. The average Bonchev–Trinajstić information content (AvgIpc) is 3.12. The molecule has 3 rings (SSSR count). The monoisotopic (exact) mass is 321 g/mol. The predicted octanol–water partition coefficient (Wildman–Crippen LogP) is 1.69. The van der Waals surface area contributed by atoms with E-state index in [2.05, 4.69) is 20.9 Å². The Morgan fingerprint density at radius 3 is 2.92 bits per heavy atom. The van der Waals surface area contributed by atoms with Crippen molar-refractivity contribution in [3.63, 3.8) is 0 Å². The molecule has 0 saturated carbocycles. The number of likely N-dealkylation sites (tertiary alicyclic amines) is 1. The topological polar surface area (TPSA) is 73.1 Å². The summed E-state index contributed by atoms with van der Waals surface area (Å²) in [4.78, 5) is 25.1. The van der Waals surface area contributed by atoms with Gasteiger partial charge in [0.1, 0.15) is 5.82 Å². The maximum Gasteiger partial charge on any atom is 0.253 e. The summed E-state index contributed by atoms with van der Waals surface area (Å²) >= 11 is 0. The van der Waals surface area contributed by atoms with Gasteiger partial charge in [0, 0.05) is 37.1 Å². The molecule has 0 aliphatic carbocycles. The van der Waals surface area contributed by atoms with Crippen LogP contribution >= 0.6 is 0 Å². The van der Waals surface area contributed by atoms with E-state index in [-0.39, 0.29) is 11.9 Å². The van der Waals surface area contributed by atoms with Crippen LogP contribution in [0.2, 0.25) is 0 Å². The number of rotatable bonds is 4. The zero-order chi connectivity index (χ0) is 16.9. The molecule has 1 atom stereocenters. The summed E-state index contributed by atoms with van der Waals surface area (Å²) in [6, 6.07) is 11.0. The first-order chi connectivity index (χ1) is 11.7. The van der Waals surface area contributed by atoms with Crippen LogP contribution < -0.4 is 0 Å². The van der Waals surface area contributed by atoms with Crippen LogP contribution in [0.25, 0.3) is 0 Å². The number of hydrogen-bond acceptors (Lipinski definition) is 5. The second-order valence-electron chi connectivity index (χ2n) is 5.97. The van der Waals surface area contributed by atoms with E-state index in [0.29, 0.717) is 24.2 Å². The second-order valence-corrected chi connectivity index (χ2v) is 5.97. The van der Waals surface area contributed by atoms with Crippen LogP contribution in [-0.4, -0.2) is 51.9 Å². The van der Waals surface area contributed by atoms with Crippen LogP contribution in [0.15, 0.2) is 42.7 Å². The van der Waals surface area contributed by atoms with Gasteiger partial charge in [-0.15, -0.1) is 0 Å². The highest BCUT2D eigenvalue weighted by molar-refractivity contribution is 5.94.